The summed E-state index contributed by atoms with van der Waals surface area (Å²) in [5.41, 5.74) is 8.21. The van der Waals surface area contributed by atoms with Crippen molar-refractivity contribution < 1.29 is 4.74 Å². The molecule has 1 aromatic carbocycles. The molecule has 0 fully saturated rings. The lowest BCUT2D eigenvalue weighted by Gasteiger charge is -2.19. The van der Waals surface area contributed by atoms with E-state index >= 15 is 0 Å². The summed E-state index contributed by atoms with van der Waals surface area (Å²) >= 11 is 1.70. The number of nitrogens with zero attached hydrogens (tertiary/aromatic N) is 1. The third-order valence-corrected chi connectivity index (χ3v) is 4.13. The Morgan fingerprint density at radius 3 is 2.68 bits per heavy atom. The number of nitrogens with two attached hydrogens (primary N) is 1. The van der Waals surface area contributed by atoms with Crippen LogP contribution in [-0.4, -0.2) is 20.6 Å². The molecule has 19 heavy (non-hydrogen) atoms. The minimum atomic E-state index is -0.0718. The number of thiophene rings is 1. The van der Waals surface area contributed by atoms with Gasteiger partial charge in [-0.1, -0.05) is 6.07 Å². The molecule has 2 aromatic rings. The average Bonchev–Trinajstić information content (AvgIpc) is 2.82. The molecule has 0 radical (unpaired) electrons. The Balaban J connectivity index is 2.19. The molecular formula is C15H20N2OS. The summed E-state index contributed by atoms with van der Waals surface area (Å²) in [5.74, 6) is 0.856. The molecule has 0 aliphatic heterocycles. The van der Waals surface area contributed by atoms with Crippen LogP contribution in [0.1, 0.15) is 16.5 Å². The highest BCUT2D eigenvalue weighted by Gasteiger charge is 2.15. The van der Waals surface area contributed by atoms with E-state index < -0.39 is 0 Å². The number of aryl methyl sites for hydroxylation is 1. The van der Waals surface area contributed by atoms with Gasteiger partial charge >= 0.3 is 0 Å². The second kappa shape index (κ2) is 6.08. The van der Waals surface area contributed by atoms with Crippen LogP contribution < -0.4 is 15.4 Å². The van der Waals surface area contributed by atoms with Crippen LogP contribution in [0.2, 0.25) is 0 Å². The summed E-state index contributed by atoms with van der Waals surface area (Å²) in [5, 5.41) is 2.08. The van der Waals surface area contributed by atoms with Crippen LogP contribution in [-0.2, 0) is 0 Å². The van der Waals surface area contributed by atoms with Crippen LogP contribution in [0.15, 0.2) is 35.7 Å². The van der Waals surface area contributed by atoms with Crippen LogP contribution in [0, 0.1) is 6.92 Å². The zero-order valence-electron chi connectivity index (χ0n) is 11.6. The molecule has 0 bridgehead atoms. The quantitative estimate of drug-likeness (QED) is 0.911. The third-order valence-electron chi connectivity index (χ3n) is 3.02. The molecule has 0 aliphatic rings. The van der Waals surface area contributed by atoms with E-state index in [2.05, 4.69) is 29.3 Å². The monoisotopic (exact) mass is 276 g/mol. The van der Waals surface area contributed by atoms with E-state index in [1.807, 2.05) is 32.3 Å². The van der Waals surface area contributed by atoms with Crippen LogP contribution in [0.4, 0.5) is 5.69 Å². The lowest BCUT2D eigenvalue weighted by molar-refractivity contribution is 0.217. The lowest BCUT2D eigenvalue weighted by atomic mass is 10.2. The Bertz CT molecular complexity index is 536. The molecular weight excluding hydrogens is 256 g/mol. The van der Waals surface area contributed by atoms with Crippen molar-refractivity contribution in [2.75, 3.05) is 25.5 Å². The summed E-state index contributed by atoms with van der Waals surface area (Å²) in [6.07, 6.45) is -0.0718. The van der Waals surface area contributed by atoms with Gasteiger partial charge in [0.2, 0.25) is 0 Å². The Morgan fingerprint density at radius 1 is 1.32 bits per heavy atom. The molecule has 3 nitrogen and oxygen atoms in total. The first kappa shape index (κ1) is 13.9. The van der Waals surface area contributed by atoms with Gasteiger partial charge in [0.15, 0.2) is 0 Å². The van der Waals surface area contributed by atoms with Crippen molar-refractivity contribution in [3.05, 3.63) is 46.2 Å². The first-order valence-corrected chi connectivity index (χ1v) is 7.18. The van der Waals surface area contributed by atoms with Gasteiger partial charge in [-0.25, -0.2) is 0 Å². The number of hydrogen-bond donors (Lipinski definition) is 1. The van der Waals surface area contributed by atoms with E-state index in [0.29, 0.717) is 6.54 Å². The second-order valence-corrected chi connectivity index (χ2v) is 5.65. The average molecular weight is 276 g/mol. The summed E-state index contributed by atoms with van der Waals surface area (Å²) in [6.45, 7) is 2.57. The zero-order valence-corrected chi connectivity index (χ0v) is 12.4. The van der Waals surface area contributed by atoms with Crippen molar-refractivity contribution in [3.63, 3.8) is 0 Å². The minimum absolute atomic E-state index is 0.0718. The predicted octanol–water partition coefficient (Wildman–Crippen LogP) is 3.20. The van der Waals surface area contributed by atoms with Crippen LogP contribution in [0.25, 0.3) is 0 Å². The van der Waals surface area contributed by atoms with E-state index in [1.165, 1.54) is 10.4 Å². The molecule has 0 amide bonds. The van der Waals surface area contributed by atoms with Gasteiger partial charge < -0.3 is 15.4 Å². The summed E-state index contributed by atoms with van der Waals surface area (Å²) in [6, 6.07) is 10.2. The Hall–Kier alpha value is -1.52. The van der Waals surface area contributed by atoms with Gasteiger partial charge in [0, 0.05) is 37.3 Å². The Morgan fingerprint density at radius 2 is 2.11 bits per heavy atom. The van der Waals surface area contributed by atoms with Gasteiger partial charge in [-0.15, -0.1) is 11.3 Å². The van der Waals surface area contributed by atoms with E-state index in [-0.39, 0.29) is 6.10 Å². The zero-order chi connectivity index (χ0) is 13.8. The van der Waals surface area contributed by atoms with Crippen LogP contribution in [0.3, 0.4) is 0 Å². The normalized spacial score (nSPS) is 12.2. The molecule has 2 N–H and O–H groups in total. The fourth-order valence-electron chi connectivity index (χ4n) is 1.92. The number of anilines is 1. The van der Waals surface area contributed by atoms with Crippen molar-refractivity contribution in [2.45, 2.75) is 13.0 Å². The van der Waals surface area contributed by atoms with E-state index in [0.717, 1.165) is 11.4 Å². The van der Waals surface area contributed by atoms with E-state index in [4.69, 9.17) is 10.5 Å². The second-order valence-electron chi connectivity index (χ2n) is 4.70. The Kier molecular flexibility index (Phi) is 4.45. The molecule has 0 spiro atoms. The fourth-order valence-corrected chi connectivity index (χ4v) is 2.89. The van der Waals surface area contributed by atoms with Crippen molar-refractivity contribution in [1.29, 1.82) is 0 Å². The summed E-state index contributed by atoms with van der Waals surface area (Å²) in [4.78, 5) is 3.26. The third kappa shape index (κ3) is 3.28. The molecule has 0 aliphatic carbocycles. The predicted molar refractivity (Wildman–Crippen MR) is 82.2 cm³/mol. The van der Waals surface area contributed by atoms with Crippen molar-refractivity contribution in [2.24, 2.45) is 5.73 Å². The minimum Gasteiger partial charge on any atom is -0.483 e. The fraction of sp³-hybridized carbons (Fsp3) is 0.333. The van der Waals surface area contributed by atoms with Crippen LogP contribution in [0.5, 0.6) is 5.75 Å². The molecule has 1 aromatic heterocycles. The molecule has 0 saturated heterocycles. The maximum absolute atomic E-state index is 6.04. The highest BCUT2D eigenvalue weighted by atomic mass is 32.1. The van der Waals surface area contributed by atoms with Crippen molar-refractivity contribution in [3.8, 4) is 5.75 Å². The van der Waals surface area contributed by atoms with Gasteiger partial charge in [0.25, 0.3) is 0 Å². The molecule has 1 unspecified atom stereocenters. The van der Waals surface area contributed by atoms with Crippen molar-refractivity contribution >= 4 is 17.0 Å². The van der Waals surface area contributed by atoms with Gasteiger partial charge in [-0.05, 0) is 36.1 Å². The number of ether oxygens (including phenoxy) is 1. The highest BCUT2D eigenvalue weighted by molar-refractivity contribution is 7.10. The largest absolute Gasteiger partial charge is 0.483 e. The molecule has 0 saturated carbocycles. The summed E-state index contributed by atoms with van der Waals surface area (Å²) < 4.78 is 6.04. The smallest absolute Gasteiger partial charge is 0.145 e. The maximum atomic E-state index is 6.04. The topological polar surface area (TPSA) is 38.5 Å². The number of rotatable bonds is 5. The lowest BCUT2D eigenvalue weighted by Crippen LogP contribution is -2.18. The van der Waals surface area contributed by atoms with Gasteiger partial charge in [0.05, 0.1) is 0 Å². The van der Waals surface area contributed by atoms with Gasteiger partial charge in [-0.2, -0.15) is 0 Å². The molecule has 2 rings (SSSR count). The number of hydrogen-bond acceptors (Lipinski definition) is 4. The molecule has 1 heterocycles. The first-order chi connectivity index (χ1) is 9.11. The number of benzene rings is 1. The van der Waals surface area contributed by atoms with Crippen LogP contribution >= 0.6 is 11.3 Å². The van der Waals surface area contributed by atoms with E-state index in [9.17, 15) is 0 Å². The SMILES string of the molecule is Cc1ccsc1C(CN)Oc1cccc(N(C)C)c1. The molecule has 1 atom stereocenters. The summed E-state index contributed by atoms with van der Waals surface area (Å²) in [7, 11) is 4.03. The molecule has 4 heteroatoms. The highest BCUT2D eigenvalue weighted by Crippen LogP contribution is 2.29. The standard InChI is InChI=1S/C15H20N2OS/c1-11-7-8-19-15(11)14(10-16)18-13-6-4-5-12(9-13)17(2)3/h4-9,14H,10,16H2,1-3H3. The maximum Gasteiger partial charge on any atom is 0.145 e. The van der Waals surface area contributed by atoms with Gasteiger partial charge in [0.1, 0.15) is 11.9 Å². The van der Waals surface area contributed by atoms with E-state index in [1.54, 1.807) is 11.3 Å². The van der Waals surface area contributed by atoms with Gasteiger partial charge in [-0.3, -0.25) is 0 Å². The first-order valence-electron chi connectivity index (χ1n) is 6.30. The van der Waals surface area contributed by atoms with Crippen molar-refractivity contribution in [1.82, 2.24) is 0 Å². The molecule has 102 valence electrons. The Labute approximate surface area is 118 Å².